The number of carbonyl (C=O) groups excluding carboxylic acids is 2. The number of halogens is 3. The first kappa shape index (κ1) is 8.82. The van der Waals surface area contributed by atoms with E-state index in [-0.39, 0.29) is 0 Å². The van der Waals surface area contributed by atoms with Gasteiger partial charge in [-0.3, -0.25) is 10.1 Å². The van der Waals surface area contributed by atoms with Gasteiger partial charge < -0.3 is 5.32 Å². The number of amides is 3. The third kappa shape index (κ3) is 1.66. The van der Waals surface area contributed by atoms with Crippen LogP contribution in [-0.4, -0.2) is 24.7 Å². The van der Waals surface area contributed by atoms with Crippen molar-refractivity contribution in [1.82, 2.24) is 10.6 Å². The zero-order valence-corrected chi connectivity index (χ0v) is 5.73. The largest absolute Gasteiger partial charge is 0.402 e. The van der Waals surface area contributed by atoms with Crippen molar-refractivity contribution in [2.45, 2.75) is 6.18 Å². The van der Waals surface area contributed by atoms with Crippen molar-refractivity contribution in [3.05, 3.63) is 0 Å². The summed E-state index contributed by atoms with van der Waals surface area (Å²) in [5.74, 6) is -3.43. The van der Waals surface area contributed by atoms with Crippen LogP contribution in [0.2, 0.25) is 0 Å². The third-order valence-electron chi connectivity index (χ3n) is 1.42. The molecule has 0 aromatic heterocycles. The number of nitrogens with one attached hydrogen (secondary N) is 2. The van der Waals surface area contributed by atoms with E-state index in [1.165, 1.54) is 5.32 Å². The monoisotopic (exact) mass is 182 g/mol. The topological polar surface area (TPSA) is 58.2 Å². The SMILES string of the molecule is O=C1NCC(C(F)(F)F)C(=O)N1. The van der Waals surface area contributed by atoms with Crippen LogP contribution in [0.15, 0.2) is 0 Å². The number of alkyl halides is 3. The van der Waals surface area contributed by atoms with E-state index in [4.69, 9.17) is 0 Å². The van der Waals surface area contributed by atoms with Crippen LogP contribution in [0.1, 0.15) is 0 Å². The van der Waals surface area contributed by atoms with Crippen LogP contribution in [0, 0.1) is 5.92 Å². The highest BCUT2D eigenvalue weighted by atomic mass is 19.4. The van der Waals surface area contributed by atoms with Crippen LogP contribution < -0.4 is 10.6 Å². The zero-order valence-electron chi connectivity index (χ0n) is 5.73. The molecular formula is C5H5F3N2O2. The second-order valence-electron chi connectivity index (χ2n) is 2.29. The Hall–Kier alpha value is -1.27. The summed E-state index contributed by atoms with van der Waals surface area (Å²) in [5, 5.41) is 3.41. The van der Waals surface area contributed by atoms with Crippen LogP contribution >= 0.6 is 0 Å². The Bertz CT molecular complexity index is 225. The summed E-state index contributed by atoms with van der Waals surface area (Å²) in [5.41, 5.74) is 0. The minimum Gasteiger partial charge on any atom is -0.337 e. The van der Waals surface area contributed by atoms with Crippen LogP contribution in [0.3, 0.4) is 0 Å². The third-order valence-corrected chi connectivity index (χ3v) is 1.42. The Labute approximate surface area is 65.1 Å². The summed E-state index contributed by atoms with van der Waals surface area (Å²) in [6.45, 7) is -0.686. The Kier molecular flexibility index (Phi) is 1.95. The van der Waals surface area contributed by atoms with Crippen LogP contribution in [-0.2, 0) is 4.79 Å². The molecule has 0 bridgehead atoms. The predicted octanol–water partition coefficient (Wildman–Crippen LogP) is 0.00430. The molecular weight excluding hydrogens is 177 g/mol. The lowest BCUT2D eigenvalue weighted by Crippen LogP contribution is -2.56. The highest BCUT2D eigenvalue weighted by Gasteiger charge is 2.47. The van der Waals surface area contributed by atoms with Crippen LogP contribution in [0.4, 0.5) is 18.0 Å². The van der Waals surface area contributed by atoms with E-state index in [1.54, 1.807) is 0 Å². The first-order valence-corrected chi connectivity index (χ1v) is 3.06. The Balaban J connectivity index is 2.69. The van der Waals surface area contributed by atoms with E-state index in [2.05, 4.69) is 0 Å². The summed E-state index contributed by atoms with van der Waals surface area (Å²) < 4.78 is 35.7. The van der Waals surface area contributed by atoms with Gasteiger partial charge in [-0.1, -0.05) is 0 Å². The van der Waals surface area contributed by atoms with Crippen molar-refractivity contribution >= 4 is 11.9 Å². The molecule has 3 amide bonds. The van der Waals surface area contributed by atoms with Gasteiger partial charge in [-0.05, 0) is 0 Å². The van der Waals surface area contributed by atoms with Gasteiger partial charge in [0.2, 0.25) is 5.91 Å². The Morgan fingerprint density at radius 1 is 1.33 bits per heavy atom. The lowest BCUT2D eigenvalue weighted by molar-refractivity contribution is -0.182. The highest BCUT2D eigenvalue weighted by Crippen LogP contribution is 2.26. The molecule has 0 aromatic rings. The van der Waals surface area contributed by atoms with E-state index >= 15 is 0 Å². The molecule has 1 unspecified atom stereocenters. The Morgan fingerprint density at radius 3 is 2.33 bits per heavy atom. The fourth-order valence-electron chi connectivity index (χ4n) is 0.795. The van der Waals surface area contributed by atoms with Crippen LogP contribution in [0.5, 0.6) is 0 Å². The molecule has 12 heavy (non-hydrogen) atoms. The molecule has 1 aliphatic rings. The first-order valence-electron chi connectivity index (χ1n) is 3.06. The first-order chi connectivity index (χ1) is 5.41. The van der Waals surface area contributed by atoms with E-state index < -0.39 is 30.6 Å². The van der Waals surface area contributed by atoms with Gasteiger partial charge in [0.25, 0.3) is 0 Å². The van der Waals surface area contributed by atoms with Gasteiger partial charge >= 0.3 is 12.2 Å². The number of carbonyl (C=O) groups is 2. The van der Waals surface area contributed by atoms with E-state index in [1.807, 2.05) is 5.32 Å². The maximum atomic E-state index is 11.9. The maximum absolute atomic E-state index is 11.9. The summed E-state index contributed by atoms with van der Waals surface area (Å²) in [7, 11) is 0. The maximum Gasteiger partial charge on any atom is 0.402 e. The molecule has 0 spiro atoms. The molecule has 2 N–H and O–H groups in total. The average molecular weight is 182 g/mol. The molecule has 1 fully saturated rings. The van der Waals surface area contributed by atoms with E-state index in [0.29, 0.717) is 0 Å². The van der Waals surface area contributed by atoms with Gasteiger partial charge in [-0.2, -0.15) is 13.2 Å². The Morgan fingerprint density at radius 2 is 1.92 bits per heavy atom. The molecule has 1 rings (SSSR count). The molecule has 7 heteroatoms. The predicted molar refractivity (Wildman–Crippen MR) is 31.1 cm³/mol. The lowest BCUT2D eigenvalue weighted by Gasteiger charge is -2.23. The molecule has 1 aliphatic heterocycles. The van der Waals surface area contributed by atoms with Gasteiger partial charge in [0.1, 0.15) is 0 Å². The molecule has 68 valence electrons. The summed E-state index contributed by atoms with van der Waals surface area (Å²) in [6, 6.07) is -0.888. The van der Waals surface area contributed by atoms with Crippen LogP contribution in [0.25, 0.3) is 0 Å². The number of rotatable bonds is 0. The zero-order chi connectivity index (χ0) is 9.35. The fourth-order valence-corrected chi connectivity index (χ4v) is 0.795. The number of hydrogen-bond acceptors (Lipinski definition) is 2. The van der Waals surface area contributed by atoms with Gasteiger partial charge in [0.05, 0.1) is 0 Å². The smallest absolute Gasteiger partial charge is 0.337 e. The molecule has 0 aliphatic carbocycles. The van der Waals surface area contributed by atoms with E-state index in [9.17, 15) is 22.8 Å². The standard InChI is InChI=1S/C5H5F3N2O2/c6-5(7,8)2-1-9-4(12)10-3(2)11/h2H,1H2,(H2,9,10,11,12). The van der Waals surface area contributed by atoms with E-state index in [0.717, 1.165) is 0 Å². The molecule has 0 aromatic carbocycles. The van der Waals surface area contributed by atoms with Gasteiger partial charge in [-0.25, -0.2) is 4.79 Å². The molecule has 0 radical (unpaired) electrons. The molecule has 1 heterocycles. The van der Waals surface area contributed by atoms with Gasteiger partial charge in [0, 0.05) is 6.54 Å². The minimum atomic E-state index is -4.60. The fraction of sp³-hybridized carbons (Fsp3) is 0.600. The van der Waals surface area contributed by atoms with Crippen molar-refractivity contribution < 1.29 is 22.8 Å². The average Bonchev–Trinajstić information content (AvgIpc) is 1.83. The summed E-state index contributed by atoms with van der Waals surface area (Å²) in [6.07, 6.45) is -4.60. The van der Waals surface area contributed by atoms with Crippen molar-refractivity contribution in [1.29, 1.82) is 0 Å². The second kappa shape index (κ2) is 2.65. The normalized spacial score (nSPS) is 24.8. The van der Waals surface area contributed by atoms with Gasteiger partial charge in [-0.15, -0.1) is 0 Å². The van der Waals surface area contributed by atoms with Crippen molar-refractivity contribution in [2.75, 3.05) is 6.54 Å². The van der Waals surface area contributed by atoms with Crippen molar-refractivity contribution in [3.8, 4) is 0 Å². The van der Waals surface area contributed by atoms with Crippen molar-refractivity contribution in [2.24, 2.45) is 5.92 Å². The minimum absolute atomic E-state index is 0.686. The molecule has 0 saturated carbocycles. The molecule has 1 saturated heterocycles. The molecule has 4 nitrogen and oxygen atoms in total. The number of urea groups is 1. The lowest BCUT2D eigenvalue weighted by atomic mass is 10.1. The summed E-state index contributed by atoms with van der Waals surface area (Å²) >= 11 is 0. The highest BCUT2D eigenvalue weighted by molar-refractivity contribution is 5.98. The number of imide groups is 1. The summed E-state index contributed by atoms with van der Waals surface area (Å²) in [4.78, 5) is 20.9. The number of hydrogen-bond donors (Lipinski definition) is 2. The second-order valence-corrected chi connectivity index (χ2v) is 2.29. The quantitative estimate of drug-likeness (QED) is 0.554. The van der Waals surface area contributed by atoms with Gasteiger partial charge in [0.15, 0.2) is 5.92 Å². The molecule has 1 atom stereocenters. The van der Waals surface area contributed by atoms with Crippen molar-refractivity contribution in [3.63, 3.8) is 0 Å².